The van der Waals surface area contributed by atoms with Crippen molar-refractivity contribution in [2.45, 2.75) is 46.5 Å². The Balaban J connectivity index is 3.19. The Hall–Kier alpha value is -0.120. The SMILES string of the molecule is CCCCOCCNCCN(CC)CCCC. The van der Waals surface area contributed by atoms with Gasteiger partial charge in [0.2, 0.25) is 0 Å². The first-order valence-corrected chi connectivity index (χ1v) is 7.35. The van der Waals surface area contributed by atoms with Gasteiger partial charge in [0, 0.05) is 26.2 Å². The Morgan fingerprint density at radius 2 is 1.65 bits per heavy atom. The van der Waals surface area contributed by atoms with Crippen LogP contribution in [-0.4, -0.2) is 50.8 Å². The molecule has 104 valence electrons. The second-order valence-corrected chi connectivity index (χ2v) is 4.50. The van der Waals surface area contributed by atoms with Crippen LogP contribution in [0.5, 0.6) is 0 Å². The summed E-state index contributed by atoms with van der Waals surface area (Å²) >= 11 is 0. The summed E-state index contributed by atoms with van der Waals surface area (Å²) in [5.41, 5.74) is 0. The lowest BCUT2D eigenvalue weighted by atomic mass is 10.3. The lowest BCUT2D eigenvalue weighted by Gasteiger charge is -2.20. The number of ether oxygens (including phenoxy) is 1. The molecule has 3 nitrogen and oxygen atoms in total. The Kier molecular flexibility index (Phi) is 13.8. The number of hydrogen-bond acceptors (Lipinski definition) is 3. The van der Waals surface area contributed by atoms with Gasteiger partial charge in [-0.25, -0.2) is 0 Å². The van der Waals surface area contributed by atoms with Crippen LogP contribution in [0, 0.1) is 0 Å². The maximum absolute atomic E-state index is 5.50. The van der Waals surface area contributed by atoms with E-state index in [4.69, 9.17) is 4.74 Å². The van der Waals surface area contributed by atoms with Crippen molar-refractivity contribution in [3.05, 3.63) is 0 Å². The van der Waals surface area contributed by atoms with Crippen molar-refractivity contribution in [1.29, 1.82) is 0 Å². The predicted octanol–water partition coefficient (Wildman–Crippen LogP) is 2.51. The molecule has 0 saturated heterocycles. The van der Waals surface area contributed by atoms with Gasteiger partial charge in [0.15, 0.2) is 0 Å². The average Bonchev–Trinajstić information content (AvgIpc) is 2.36. The fourth-order valence-corrected chi connectivity index (χ4v) is 1.66. The fourth-order valence-electron chi connectivity index (χ4n) is 1.66. The third kappa shape index (κ3) is 12.1. The Morgan fingerprint density at radius 1 is 0.882 bits per heavy atom. The van der Waals surface area contributed by atoms with Crippen LogP contribution in [0.4, 0.5) is 0 Å². The monoisotopic (exact) mass is 244 g/mol. The topological polar surface area (TPSA) is 24.5 Å². The van der Waals surface area contributed by atoms with Gasteiger partial charge in [0.1, 0.15) is 0 Å². The molecule has 0 spiro atoms. The van der Waals surface area contributed by atoms with E-state index in [2.05, 4.69) is 31.0 Å². The third-order valence-corrected chi connectivity index (χ3v) is 2.95. The first-order valence-electron chi connectivity index (χ1n) is 7.35. The van der Waals surface area contributed by atoms with Crippen molar-refractivity contribution >= 4 is 0 Å². The number of likely N-dealkylation sites (N-methyl/N-ethyl adjacent to an activating group) is 1. The van der Waals surface area contributed by atoms with Gasteiger partial charge in [-0.3, -0.25) is 0 Å². The van der Waals surface area contributed by atoms with Crippen LogP contribution in [-0.2, 0) is 4.74 Å². The molecule has 0 heterocycles. The highest BCUT2D eigenvalue weighted by molar-refractivity contribution is 4.57. The van der Waals surface area contributed by atoms with Gasteiger partial charge < -0.3 is 15.0 Å². The van der Waals surface area contributed by atoms with Crippen LogP contribution in [0.25, 0.3) is 0 Å². The summed E-state index contributed by atoms with van der Waals surface area (Å²) in [6.07, 6.45) is 5.00. The molecule has 0 unspecified atom stereocenters. The molecule has 0 aliphatic carbocycles. The smallest absolute Gasteiger partial charge is 0.0590 e. The highest BCUT2D eigenvalue weighted by Crippen LogP contribution is 1.93. The zero-order chi connectivity index (χ0) is 12.8. The summed E-state index contributed by atoms with van der Waals surface area (Å²) in [5.74, 6) is 0. The van der Waals surface area contributed by atoms with Gasteiger partial charge in [-0.05, 0) is 25.9 Å². The van der Waals surface area contributed by atoms with E-state index in [0.717, 1.165) is 39.4 Å². The molecule has 0 aromatic rings. The van der Waals surface area contributed by atoms with Gasteiger partial charge in [0.05, 0.1) is 6.61 Å². The summed E-state index contributed by atoms with van der Waals surface area (Å²) in [5, 5.41) is 3.44. The van der Waals surface area contributed by atoms with Crippen molar-refractivity contribution in [2.75, 3.05) is 45.9 Å². The van der Waals surface area contributed by atoms with Gasteiger partial charge in [-0.2, -0.15) is 0 Å². The van der Waals surface area contributed by atoms with Gasteiger partial charge >= 0.3 is 0 Å². The van der Waals surface area contributed by atoms with Crippen molar-refractivity contribution < 1.29 is 4.74 Å². The lowest BCUT2D eigenvalue weighted by molar-refractivity contribution is 0.132. The molecule has 0 aromatic heterocycles. The summed E-state index contributed by atoms with van der Waals surface area (Å²) in [7, 11) is 0. The van der Waals surface area contributed by atoms with Crippen LogP contribution in [0.2, 0.25) is 0 Å². The molecular formula is C14H32N2O. The number of nitrogens with zero attached hydrogens (tertiary/aromatic N) is 1. The second kappa shape index (κ2) is 13.9. The van der Waals surface area contributed by atoms with E-state index >= 15 is 0 Å². The number of hydrogen-bond donors (Lipinski definition) is 1. The predicted molar refractivity (Wildman–Crippen MR) is 75.6 cm³/mol. The normalized spacial score (nSPS) is 11.3. The molecule has 0 bridgehead atoms. The largest absolute Gasteiger partial charge is 0.380 e. The minimum absolute atomic E-state index is 0.848. The molecule has 0 aliphatic rings. The zero-order valence-corrected chi connectivity index (χ0v) is 12.1. The lowest BCUT2D eigenvalue weighted by Crippen LogP contribution is -2.34. The Bertz CT molecular complexity index is 142. The zero-order valence-electron chi connectivity index (χ0n) is 12.1. The average molecular weight is 244 g/mol. The van der Waals surface area contributed by atoms with E-state index in [-0.39, 0.29) is 0 Å². The summed E-state index contributed by atoms with van der Waals surface area (Å²) in [6, 6.07) is 0. The molecule has 0 fully saturated rings. The maximum atomic E-state index is 5.50. The van der Waals surface area contributed by atoms with E-state index in [1.54, 1.807) is 0 Å². The van der Waals surface area contributed by atoms with E-state index in [9.17, 15) is 0 Å². The first kappa shape index (κ1) is 16.9. The van der Waals surface area contributed by atoms with E-state index in [1.165, 1.54) is 32.2 Å². The van der Waals surface area contributed by atoms with Crippen LogP contribution < -0.4 is 5.32 Å². The van der Waals surface area contributed by atoms with Gasteiger partial charge in [0.25, 0.3) is 0 Å². The van der Waals surface area contributed by atoms with Crippen LogP contribution in [0.1, 0.15) is 46.5 Å². The molecule has 0 saturated carbocycles. The molecule has 17 heavy (non-hydrogen) atoms. The number of rotatable bonds is 13. The van der Waals surface area contributed by atoms with Crippen molar-refractivity contribution in [2.24, 2.45) is 0 Å². The molecule has 0 amide bonds. The minimum atomic E-state index is 0.848. The van der Waals surface area contributed by atoms with Gasteiger partial charge in [-0.1, -0.05) is 33.6 Å². The van der Waals surface area contributed by atoms with Gasteiger partial charge in [-0.15, -0.1) is 0 Å². The molecule has 0 aliphatic heterocycles. The quantitative estimate of drug-likeness (QED) is 0.504. The minimum Gasteiger partial charge on any atom is -0.380 e. The molecule has 0 radical (unpaired) electrons. The number of unbranched alkanes of at least 4 members (excludes halogenated alkanes) is 2. The maximum Gasteiger partial charge on any atom is 0.0590 e. The molecule has 0 rings (SSSR count). The van der Waals surface area contributed by atoms with Crippen LogP contribution in [0.3, 0.4) is 0 Å². The molecule has 0 aromatic carbocycles. The third-order valence-electron chi connectivity index (χ3n) is 2.95. The van der Waals surface area contributed by atoms with Crippen molar-refractivity contribution in [3.63, 3.8) is 0 Å². The second-order valence-electron chi connectivity index (χ2n) is 4.50. The van der Waals surface area contributed by atoms with E-state index < -0.39 is 0 Å². The summed E-state index contributed by atoms with van der Waals surface area (Å²) in [6.45, 7) is 14.1. The number of nitrogens with one attached hydrogen (secondary N) is 1. The Morgan fingerprint density at radius 3 is 2.29 bits per heavy atom. The molecular weight excluding hydrogens is 212 g/mol. The van der Waals surface area contributed by atoms with Crippen LogP contribution >= 0.6 is 0 Å². The highest BCUT2D eigenvalue weighted by atomic mass is 16.5. The highest BCUT2D eigenvalue weighted by Gasteiger charge is 2.00. The van der Waals surface area contributed by atoms with E-state index in [0.29, 0.717) is 0 Å². The summed E-state index contributed by atoms with van der Waals surface area (Å²) in [4.78, 5) is 2.51. The fraction of sp³-hybridized carbons (Fsp3) is 1.00. The molecule has 0 atom stereocenters. The summed E-state index contributed by atoms with van der Waals surface area (Å²) < 4.78 is 5.50. The van der Waals surface area contributed by atoms with Crippen molar-refractivity contribution in [1.82, 2.24) is 10.2 Å². The molecule has 1 N–H and O–H groups in total. The standard InChI is InChI=1S/C14H32N2O/c1-4-7-11-16(6-3)12-9-15-10-14-17-13-8-5-2/h15H,4-14H2,1-3H3. The molecule has 3 heteroatoms. The van der Waals surface area contributed by atoms with Crippen molar-refractivity contribution in [3.8, 4) is 0 Å². The van der Waals surface area contributed by atoms with Crippen LogP contribution in [0.15, 0.2) is 0 Å². The Labute approximate surface area is 108 Å². The first-order chi connectivity index (χ1) is 8.35. The van der Waals surface area contributed by atoms with E-state index in [1.807, 2.05) is 0 Å².